The minimum absolute atomic E-state index is 0.0426. The van der Waals surface area contributed by atoms with Crippen molar-refractivity contribution in [3.8, 4) is 0 Å². The highest BCUT2D eigenvalue weighted by Crippen LogP contribution is 2.26. The van der Waals surface area contributed by atoms with Crippen molar-refractivity contribution in [2.75, 3.05) is 23.3 Å². The number of hydrogen-bond acceptors (Lipinski definition) is 5. The molecule has 2 amide bonds. The molecule has 146 valence electrons. The summed E-state index contributed by atoms with van der Waals surface area (Å²) in [7, 11) is 0. The second-order valence-electron chi connectivity index (χ2n) is 6.94. The van der Waals surface area contributed by atoms with Gasteiger partial charge in [0.25, 0.3) is 0 Å². The number of aromatic nitrogens is 1. The van der Waals surface area contributed by atoms with Crippen LogP contribution in [0.1, 0.15) is 30.9 Å². The van der Waals surface area contributed by atoms with E-state index < -0.39 is 6.03 Å². The van der Waals surface area contributed by atoms with Gasteiger partial charge >= 0.3 is 6.03 Å². The van der Waals surface area contributed by atoms with Gasteiger partial charge in [-0.25, -0.2) is 9.18 Å². The second-order valence-corrected chi connectivity index (χ2v) is 6.94. The minimum atomic E-state index is -0.421. The first kappa shape index (κ1) is 19.2. The topological polar surface area (TPSA) is 79.6 Å². The van der Waals surface area contributed by atoms with Gasteiger partial charge < -0.3 is 24.8 Å². The fraction of sp³-hybridized carbons (Fsp3) is 0.474. The van der Waals surface area contributed by atoms with E-state index in [1.807, 2.05) is 25.7 Å². The van der Waals surface area contributed by atoms with E-state index in [1.54, 1.807) is 19.1 Å². The van der Waals surface area contributed by atoms with E-state index in [0.717, 1.165) is 11.3 Å². The fourth-order valence-corrected chi connectivity index (χ4v) is 3.31. The van der Waals surface area contributed by atoms with Crippen LogP contribution in [0.25, 0.3) is 0 Å². The monoisotopic (exact) mass is 376 g/mol. The molecule has 1 saturated heterocycles. The first-order valence-electron chi connectivity index (χ1n) is 9.00. The van der Waals surface area contributed by atoms with Gasteiger partial charge in [0.2, 0.25) is 0 Å². The molecule has 2 aromatic rings. The molecular formula is C19H25FN4O3. The summed E-state index contributed by atoms with van der Waals surface area (Å²) in [5.41, 5.74) is 2.47. The van der Waals surface area contributed by atoms with Crippen molar-refractivity contribution in [2.24, 2.45) is 0 Å². The molecule has 1 aliphatic rings. The van der Waals surface area contributed by atoms with Crippen molar-refractivity contribution in [3.05, 3.63) is 41.0 Å². The molecule has 0 bridgehead atoms. The number of nitrogens with zero attached hydrogens (tertiary/aromatic N) is 2. The Bertz CT molecular complexity index is 794. The summed E-state index contributed by atoms with van der Waals surface area (Å²) in [6.07, 6.45) is 0.0853. The standard InChI is InChI=1S/C19H25FN4O3/c1-11-9-24(10-12(2)26-11)18-6-5-15(7-17(18)20)22-19(25)21-8-16-13(3)23-27-14(16)4/h5-7,11-12H,8-10H2,1-4H3,(H2,21,22,25). The van der Waals surface area contributed by atoms with E-state index in [0.29, 0.717) is 30.2 Å². The first-order chi connectivity index (χ1) is 12.8. The normalized spacial score (nSPS) is 19.8. The second kappa shape index (κ2) is 7.96. The maximum atomic E-state index is 14.6. The number of nitrogens with one attached hydrogen (secondary N) is 2. The van der Waals surface area contributed by atoms with Gasteiger partial charge in [-0.05, 0) is 45.9 Å². The van der Waals surface area contributed by atoms with Crippen LogP contribution in [0.2, 0.25) is 0 Å². The fourth-order valence-electron chi connectivity index (χ4n) is 3.31. The summed E-state index contributed by atoms with van der Waals surface area (Å²) in [5, 5.41) is 9.22. The van der Waals surface area contributed by atoms with Crippen molar-refractivity contribution in [1.82, 2.24) is 10.5 Å². The zero-order chi connectivity index (χ0) is 19.6. The van der Waals surface area contributed by atoms with Crippen LogP contribution >= 0.6 is 0 Å². The molecule has 27 heavy (non-hydrogen) atoms. The van der Waals surface area contributed by atoms with E-state index in [1.165, 1.54) is 6.07 Å². The molecule has 2 unspecified atom stereocenters. The molecule has 8 heteroatoms. The number of benzene rings is 1. The van der Waals surface area contributed by atoms with E-state index in [4.69, 9.17) is 9.26 Å². The molecule has 0 spiro atoms. The Labute approximate surface area is 157 Å². The van der Waals surface area contributed by atoms with Crippen LogP contribution in [-0.4, -0.2) is 36.5 Å². The third-order valence-electron chi connectivity index (χ3n) is 4.57. The van der Waals surface area contributed by atoms with Crippen LogP contribution in [0.4, 0.5) is 20.6 Å². The number of anilines is 2. The summed E-state index contributed by atoms with van der Waals surface area (Å²) in [6, 6.07) is 4.29. The predicted molar refractivity (Wildman–Crippen MR) is 100 cm³/mol. The van der Waals surface area contributed by atoms with Crippen molar-refractivity contribution in [1.29, 1.82) is 0 Å². The van der Waals surface area contributed by atoms with Gasteiger partial charge in [-0.15, -0.1) is 0 Å². The summed E-state index contributed by atoms with van der Waals surface area (Å²) < 4.78 is 25.3. The van der Waals surface area contributed by atoms with Crippen molar-refractivity contribution >= 4 is 17.4 Å². The number of carbonyl (C=O) groups excluding carboxylic acids is 1. The average molecular weight is 376 g/mol. The van der Waals surface area contributed by atoms with Crippen LogP contribution in [-0.2, 0) is 11.3 Å². The molecule has 1 aromatic heterocycles. The van der Waals surface area contributed by atoms with Gasteiger partial charge in [0.15, 0.2) is 0 Å². The number of rotatable bonds is 4. The zero-order valence-corrected chi connectivity index (χ0v) is 16.0. The molecule has 3 rings (SSSR count). The lowest BCUT2D eigenvalue weighted by Crippen LogP contribution is -2.45. The number of carbonyl (C=O) groups is 1. The molecule has 2 atom stereocenters. The molecule has 0 saturated carbocycles. The van der Waals surface area contributed by atoms with Gasteiger partial charge in [-0.3, -0.25) is 0 Å². The third kappa shape index (κ3) is 4.57. The lowest BCUT2D eigenvalue weighted by Gasteiger charge is -2.37. The third-order valence-corrected chi connectivity index (χ3v) is 4.57. The number of morpholine rings is 1. The highest BCUT2D eigenvalue weighted by molar-refractivity contribution is 5.89. The van der Waals surface area contributed by atoms with Gasteiger partial charge in [0, 0.05) is 30.9 Å². The summed E-state index contributed by atoms with van der Waals surface area (Å²) in [5.74, 6) is 0.289. The number of hydrogen-bond donors (Lipinski definition) is 2. The van der Waals surface area contributed by atoms with Crippen LogP contribution in [0, 0.1) is 19.7 Å². The molecule has 2 N–H and O–H groups in total. The first-order valence-corrected chi connectivity index (χ1v) is 9.00. The number of amides is 2. The SMILES string of the molecule is Cc1noc(C)c1CNC(=O)Nc1ccc(N2CC(C)OC(C)C2)c(F)c1. The molecule has 0 aliphatic carbocycles. The zero-order valence-electron chi connectivity index (χ0n) is 16.0. The molecule has 1 aliphatic heterocycles. The molecule has 7 nitrogen and oxygen atoms in total. The van der Waals surface area contributed by atoms with Crippen LogP contribution in [0.15, 0.2) is 22.7 Å². The Kier molecular flexibility index (Phi) is 5.65. The minimum Gasteiger partial charge on any atom is -0.372 e. The Morgan fingerprint density at radius 1 is 1.30 bits per heavy atom. The van der Waals surface area contributed by atoms with Crippen molar-refractivity contribution < 1.29 is 18.4 Å². The Hall–Kier alpha value is -2.61. The number of halogens is 1. The average Bonchev–Trinajstić information content (AvgIpc) is 2.90. The number of urea groups is 1. The molecule has 1 fully saturated rings. The largest absolute Gasteiger partial charge is 0.372 e. The van der Waals surface area contributed by atoms with E-state index in [2.05, 4.69) is 15.8 Å². The van der Waals surface area contributed by atoms with E-state index in [-0.39, 0.29) is 24.6 Å². The molecule has 2 heterocycles. The number of ether oxygens (including phenoxy) is 1. The maximum absolute atomic E-state index is 14.6. The highest BCUT2D eigenvalue weighted by Gasteiger charge is 2.24. The highest BCUT2D eigenvalue weighted by atomic mass is 19.1. The lowest BCUT2D eigenvalue weighted by molar-refractivity contribution is -0.00539. The van der Waals surface area contributed by atoms with Crippen LogP contribution < -0.4 is 15.5 Å². The quantitative estimate of drug-likeness (QED) is 0.855. The Balaban J connectivity index is 1.61. The molecular weight excluding hydrogens is 351 g/mol. The van der Waals surface area contributed by atoms with E-state index >= 15 is 0 Å². The smallest absolute Gasteiger partial charge is 0.319 e. The molecule has 1 aromatic carbocycles. The summed E-state index contributed by atoms with van der Waals surface area (Å²) in [6.45, 7) is 9.10. The van der Waals surface area contributed by atoms with Crippen molar-refractivity contribution in [2.45, 2.75) is 46.4 Å². The van der Waals surface area contributed by atoms with E-state index in [9.17, 15) is 9.18 Å². The summed E-state index contributed by atoms with van der Waals surface area (Å²) in [4.78, 5) is 14.1. The predicted octanol–water partition coefficient (Wildman–Crippen LogP) is 3.37. The Morgan fingerprint density at radius 3 is 2.59 bits per heavy atom. The van der Waals surface area contributed by atoms with Gasteiger partial charge in [0.05, 0.1) is 23.6 Å². The summed E-state index contributed by atoms with van der Waals surface area (Å²) >= 11 is 0. The molecule has 0 radical (unpaired) electrons. The van der Waals surface area contributed by atoms with Gasteiger partial charge in [-0.2, -0.15) is 0 Å². The maximum Gasteiger partial charge on any atom is 0.319 e. The van der Waals surface area contributed by atoms with Gasteiger partial charge in [0.1, 0.15) is 11.6 Å². The Morgan fingerprint density at radius 2 is 2.00 bits per heavy atom. The van der Waals surface area contributed by atoms with Crippen LogP contribution in [0.5, 0.6) is 0 Å². The van der Waals surface area contributed by atoms with Crippen molar-refractivity contribution in [3.63, 3.8) is 0 Å². The lowest BCUT2D eigenvalue weighted by atomic mass is 10.2. The van der Waals surface area contributed by atoms with Gasteiger partial charge in [-0.1, -0.05) is 5.16 Å². The van der Waals surface area contributed by atoms with Crippen LogP contribution in [0.3, 0.4) is 0 Å². The number of aryl methyl sites for hydroxylation is 2.